The fourth-order valence-corrected chi connectivity index (χ4v) is 5.35. The summed E-state index contributed by atoms with van der Waals surface area (Å²) in [4.78, 5) is 1.45. The van der Waals surface area contributed by atoms with Crippen molar-refractivity contribution in [2.24, 2.45) is 0 Å². The maximum Gasteiger partial charge on any atom is 0.402 e. The predicted molar refractivity (Wildman–Crippen MR) is 92.4 cm³/mol. The van der Waals surface area contributed by atoms with Crippen molar-refractivity contribution in [3.05, 3.63) is 23.3 Å². The van der Waals surface area contributed by atoms with Crippen LogP contribution in [0.2, 0.25) is 0 Å². The fraction of sp³-hybridized carbons (Fsp3) is 0.625. The Morgan fingerprint density at radius 1 is 1.00 bits per heavy atom. The number of benzene rings is 1. The lowest BCUT2D eigenvalue weighted by molar-refractivity contribution is -0.273. The Bertz CT molecular complexity index is 777. The number of phenols is 1. The molecule has 1 saturated heterocycles. The van der Waals surface area contributed by atoms with Gasteiger partial charge in [-0.2, -0.15) is 26.3 Å². The normalized spacial score (nSPS) is 16.6. The molecular formula is C16H20F6O4S2. The number of hydrogen-bond acceptors (Lipinski definition) is 4. The van der Waals surface area contributed by atoms with Gasteiger partial charge in [0.25, 0.3) is 0 Å². The lowest BCUT2D eigenvalue weighted by Crippen LogP contribution is -2.56. The van der Waals surface area contributed by atoms with Gasteiger partial charge in [-0.1, -0.05) is 0 Å². The molecule has 2 rings (SSSR count). The Hall–Kier alpha value is -1.14. The Morgan fingerprint density at radius 2 is 1.39 bits per heavy atom. The van der Waals surface area contributed by atoms with Crippen LogP contribution in [-0.2, 0) is 21.0 Å². The Labute approximate surface area is 162 Å². The molecule has 1 aliphatic rings. The first-order chi connectivity index (χ1) is 12.4. The summed E-state index contributed by atoms with van der Waals surface area (Å²) in [5.74, 6) is -8.40. The van der Waals surface area contributed by atoms with Gasteiger partial charge in [-0.15, -0.1) is 0 Å². The van der Waals surface area contributed by atoms with Crippen LogP contribution in [0, 0.1) is 13.8 Å². The van der Waals surface area contributed by atoms with Crippen molar-refractivity contribution >= 4 is 21.0 Å². The number of phenolic OH excluding ortho intramolecular Hbond substituents is 1. The summed E-state index contributed by atoms with van der Waals surface area (Å²) < 4.78 is 101. The van der Waals surface area contributed by atoms with E-state index >= 15 is 0 Å². The van der Waals surface area contributed by atoms with Crippen LogP contribution >= 0.6 is 0 Å². The van der Waals surface area contributed by atoms with E-state index in [2.05, 4.69) is 12.1 Å². The predicted octanol–water partition coefficient (Wildman–Crippen LogP) is 4.19. The van der Waals surface area contributed by atoms with Crippen molar-refractivity contribution in [3.8, 4) is 5.75 Å². The minimum Gasteiger partial charge on any atom is -0.743 e. The largest absolute Gasteiger partial charge is 0.743 e. The topological polar surface area (TPSA) is 77.4 Å². The van der Waals surface area contributed by atoms with Crippen LogP contribution in [0.15, 0.2) is 17.0 Å². The van der Waals surface area contributed by atoms with E-state index in [1.54, 1.807) is 0 Å². The van der Waals surface area contributed by atoms with Crippen molar-refractivity contribution in [3.63, 3.8) is 0 Å². The van der Waals surface area contributed by atoms with E-state index in [1.807, 2.05) is 13.8 Å². The van der Waals surface area contributed by atoms with Crippen molar-refractivity contribution in [2.75, 3.05) is 11.5 Å². The second-order valence-electron chi connectivity index (χ2n) is 6.45. The van der Waals surface area contributed by atoms with Gasteiger partial charge in [0.2, 0.25) is 0 Å². The van der Waals surface area contributed by atoms with Gasteiger partial charge in [0.1, 0.15) is 17.3 Å². The molecule has 0 aromatic heterocycles. The molecule has 1 N–H and O–H groups in total. The molecule has 12 heteroatoms. The van der Waals surface area contributed by atoms with Crippen LogP contribution in [0.1, 0.15) is 30.9 Å². The summed E-state index contributed by atoms with van der Waals surface area (Å²) in [5.41, 5.74) is 2.05. The SMILES string of the molecule is CC(F)(F)C(F)(F)C(F)(F)S(=O)(=O)[O-].Cc1cc([S+]2CCCC2)cc(C)c1O. The molecule has 1 heterocycles. The highest BCUT2D eigenvalue weighted by atomic mass is 32.2. The molecule has 0 unspecified atom stereocenters. The summed E-state index contributed by atoms with van der Waals surface area (Å²) >= 11 is 0. The maximum atomic E-state index is 12.1. The molecule has 0 spiro atoms. The van der Waals surface area contributed by atoms with Gasteiger partial charge in [-0.3, -0.25) is 0 Å². The first-order valence-electron chi connectivity index (χ1n) is 8.00. The van der Waals surface area contributed by atoms with E-state index in [0.29, 0.717) is 16.6 Å². The lowest BCUT2D eigenvalue weighted by atomic mass is 10.1. The van der Waals surface area contributed by atoms with Gasteiger partial charge >= 0.3 is 17.1 Å². The van der Waals surface area contributed by atoms with E-state index < -0.39 is 34.1 Å². The summed E-state index contributed by atoms with van der Waals surface area (Å²) in [5, 5.41) is 3.33. The van der Waals surface area contributed by atoms with Gasteiger partial charge < -0.3 is 9.66 Å². The number of halogens is 6. The smallest absolute Gasteiger partial charge is 0.402 e. The summed E-state index contributed by atoms with van der Waals surface area (Å²) in [6, 6.07) is 4.33. The summed E-state index contributed by atoms with van der Waals surface area (Å²) in [7, 11) is -6.39. The molecule has 4 nitrogen and oxygen atoms in total. The van der Waals surface area contributed by atoms with E-state index in [0.717, 1.165) is 11.1 Å². The van der Waals surface area contributed by atoms with Crippen molar-refractivity contribution < 1.29 is 44.4 Å². The van der Waals surface area contributed by atoms with Crippen LogP contribution in [-0.4, -0.2) is 46.7 Å². The van der Waals surface area contributed by atoms with Gasteiger partial charge in [-0.05, 0) is 49.9 Å². The zero-order valence-corrected chi connectivity index (χ0v) is 16.9. The van der Waals surface area contributed by atoms with Gasteiger partial charge in [0.05, 0.1) is 0 Å². The monoisotopic (exact) mass is 454 g/mol. The molecule has 0 radical (unpaired) electrons. The van der Waals surface area contributed by atoms with Crippen LogP contribution in [0.25, 0.3) is 0 Å². The van der Waals surface area contributed by atoms with Gasteiger partial charge in [-0.25, -0.2) is 8.42 Å². The average Bonchev–Trinajstić information content (AvgIpc) is 3.04. The molecule has 0 atom stereocenters. The zero-order chi connectivity index (χ0) is 22.1. The van der Waals surface area contributed by atoms with Crippen LogP contribution in [0.5, 0.6) is 5.75 Å². The highest BCUT2D eigenvalue weighted by molar-refractivity contribution is 7.97. The van der Waals surface area contributed by atoms with E-state index in [1.165, 1.54) is 29.2 Å². The maximum absolute atomic E-state index is 12.1. The minimum atomic E-state index is -6.86. The van der Waals surface area contributed by atoms with E-state index in [9.17, 15) is 44.4 Å². The molecule has 0 bridgehead atoms. The third kappa shape index (κ3) is 5.07. The highest BCUT2D eigenvalue weighted by Crippen LogP contribution is 2.47. The van der Waals surface area contributed by atoms with Crippen molar-refractivity contribution in [1.29, 1.82) is 0 Å². The molecule has 1 aliphatic heterocycles. The first kappa shape index (κ1) is 24.9. The third-order valence-corrected chi connectivity index (χ3v) is 7.41. The molecule has 0 saturated carbocycles. The van der Waals surface area contributed by atoms with Crippen LogP contribution < -0.4 is 0 Å². The molecule has 0 amide bonds. The highest BCUT2D eigenvalue weighted by Gasteiger charge is 2.72. The van der Waals surface area contributed by atoms with Gasteiger partial charge in [0, 0.05) is 17.8 Å². The second kappa shape index (κ2) is 8.31. The number of aromatic hydroxyl groups is 1. The quantitative estimate of drug-likeness (QED) is 0.420. The molecule has 1 aromatic carbocycles. The average molecular weight is 454 g/mol. The molecule has 0 aliphatic carbocycles. The first-order valence-corrected chi connectivity index (χ1v) is 11.0. The molecular weight excluding hydrogens is 434 g/mol. The van der Waals surface area contributed by atoms with Crippen molar-refractivity contribution in [1.82, 2.24) is 0 Å². The van der Waals surface area contributed by atoms with E-state index in [-0.39, 0.29) is 0 Å². The number of aryl methyl sites for hydroxylation is 2. The van der Waals surface area contributed by atoms with Crippen LogP contribution in [0.3, 0.4) is 0 Å². The number of alkyl halides is 6. The van der Waals surface area contributed by atoms with Gasteiger partial charge in [0.15, 0.2) is 15.0 Å². The van der Waals surface area contributed by atoms with Crippen LogP contribution in [0.4, 0.5) is 26.3 Å². The zero-order valence-electron chi connectivity index (χ0n) is 15.2. The molecule has 162 valence electrons. The van der Waals surface area contributed by atoms with E-state index in [4.69, 9.17) is 0 Å². The standard InChI is InChI=1S/C12H16OS.C4H4F6O3S/c1-9-7-11(8-10(2)12(9)13)14-5-3-4-6-14;1-2(5,6)3(7,8)4(9,10)14(11,12)13/h7-8H,3-6H2,1-2H3;1H3,(H,11,12,13). The summed E-state index contributed by atoms with van der Waals surface area (Å²) in [6.07, 6.45) is 2.75. The Morgan fingerprint density at radius 3 is 1.68 bits per heavy atom. The fourth-order valence-electron chi connectivity index (χ4n) is 2.39. The molecule has 28 heavy (non-hydrogen) atoms. The number of rotatable bonds is 4. The molecule has 1 aromatic rings. The Balaban J connectivity index is 0.000000280. The van der Waals surface area contributed by atoms with Crippen molar-refractivity contribution in [2.45, 2.75) is 55.6 Å². The number of hydrogen-bond donors (Lipinski definition) is 1. The summed E-state index contributed by atoms with van der Waals surface area (Å²) in [6.45, 7) is 3.36. The lowest BCUT2D eigenvalue weighted by Gasteiger charge is -2.31. The Kier molecular flexibility index (Phi) is 7.39. The second-order valence-corrected chi connectivity index (χ2v) is 10.1. The molecule has 1 fully saturated rings. The minimum absolute atomic E-state index is 0.469. The third-order valence-electron chi connectivity index (χ3n) is 4.06.